The molecule has 0 radical (unpaired) electrons. The molecule has 21 heavy (non-hydrogen) atoms. The third kappa shape index (κ3) is 4.15. The first kappa shape index (κ1) is 15.7. The number of nitrogens with zero attached hydrogens (tertiary/aromatic N) is 1. The molecule has 1 atom stereocenters. The number of aryl methyl sites for hydroxylation is 2. The molecular formula is C19H26N2. The highest BCUT2D eigenvalue weighted by Gasteiger charge is 2.05. The van der Waals surface area contributed by atoms with Crippen LogP contribution in [0.4, 0.5) is 0 Å². The van der Waals surface area contributed by atoms with Gasteiger partial charge in [0.15, 0.2) is 0 Å². The third-order valence-electron chi connectivity index (χ3n) is 4.11. The van der Waals surface area contributed by atoms with Gasteiger partial charge in [0.05, 0.1) is 5.69 Å². The van der Waals surface area contributed by atoms with Crippen LogP contribution < -0.4 is 5.32 Å². The number of hydrogen-bond donors (Lipinski definition) is 1. The molecule has 1 aromatic heterocycles. The van der Waals surface area contributed by atoms with Crippen LogP contribution >= 0.6 is 0 Å². The molecule has 0 aliphatic carbocycles. The van der Waals surface area contributed by atoms with Crippen molar-refractivity contribution >= 4 is 0 Å². The number of rotatable bonds is 6. The predicted molar refractivity (Wildman–Crippen MR) is 90.4 cm³/mol. The lowest BCUT2D eigenvalue weighted by molar-refractivity contribution is 0.532. The highest BCUT2D eigenvalue weighted by Crippen LogP contribution is 2.20. The molecule has 1 N–H and O–H groups in total. The monoisotopic (exact) mass is 282 g/mol. The van der Waals surface area contributed by atoms with E-state index in [0.29, 0.717) is 6.04 Å². The summed E-state index contributed by atoms with van der Waals surface area (Å²) in [6, 6.07) is 13.6. The Morgan fingerprint density at radius 2 is 1.76 bits per heavy atom. The van der Waals surface area contributed by atoms with Crippen molar-refractivity contribution in [2.45, 2.75) is 53.1 Å². The normalized spacial score (nSPS) is 12.4. The lowest BCUT2D eigenvalue weighted by Crippen LogP contribution is -2.24. The number of benzene rings is 1. The minimum atomic E-state index is 0.547. The fraction of sp³-hybridized carbons (Fsp3) is 0.421. The highest BCUT2D eigenvalue weighted by atomic mass is 14.9. The van der Waals surface area contributed by atoms with E-state index in [1.807, 2.05) is 0 Å². The molecule has 0 aliphatic heterocycles. The van der Waals surface area contributed by atoms with Crippen LogP contribution in [-0.4, -0.2) is 11.0 Å². The molecule has 1 aromatic carbocycles. The molecule has 2 nitrogen and oxygen atoms in total. The Morgan fingerprint density at radius 3 is 2.33 bits per heavy atom. The van der Waals surface area contributed by atoms with Gasteiger partial charge in [0, 0.05) is 23.8 Å². The zero-order chi connectivity index (χ0) is 15.2. The second-order valence-corrected chi connectivity index (χ2v) is 5.68. The van der Waals surface area contributed by atoms with Crippen molar-refractivity contribution in [3.05, 3.63) is 53.2 Å². The summed E-state index contributed by atoms with van der Waals surface area (Å²) in [7, 11) is 0. The second-order valence-electron chi connectivity index (χ2n) is 5.68. The Kier molecular flexibility index (Phi) is 5.51. The Balaban J connectivity index is 2.14. The fourth-order valence-corrected chi connectivity index (χ4v) is 2.28. The van der Waals surface area contributed by atoms with E-state index in [4.69, 9.17) is 4.98 Å². The van der Waals surface area contributed by atoms with Crippen molar-refractivity contribution in [1.29, 1.82) is 0 Å². The maximum atomic E-state index is 4.76. The SMILES string of the molecule is CCc1ccc(-c2ccc(CNC(C)CC)c(C)n2)cc1. The summed E-state index contributed by atoms with van der Waals surface area (Å²) >= 11 is 0. The van der Waals surface area contributed by atoms with Gasteiger partial charge in [0.25, 0.3) is 0 Å². The van der Waals surface area contributed by atoms with Crippen molar-refractivity contribution < 1.29 is 0 Å². The van der Waals surface area contributed by atoms with Crippen molar-refractivity contribution in [3.63, 3.8) is 0 Å². The molecule has 112 valence electrons. The van der Waals surface area contributed by atoms with Gasteiger partial charge in [-0.1, -0.05) is 44.2 Å². The topological polar surface area (TPSA) is 24.9 Å². The quantitative estimate of drug-likeness (QED) is 0.843. The van der Waals surface area contributed by atoms with Crippen LogP contribution in [0.25, 0.3) is 11.3 Å². The molecule has 0 bridgehead atoms. The van der Waals surface area contributed by atoms with Crippen molar-refractivity contribution in [3.8, 4) is 11.3 Å². The van der Waals surface area contributed by atoms with Gasteiger partial charge < -0.3 is 5.32 Å². The van der Waals surface area contributed by atoms with Crippen LogP contribution in [0.2, 0.25) is 0 Å². The molecule has 0 amide bonds. The number of aromatic nitrogens is 1. The number of nitrogens with one attached hydrogen (secondary N) is 1. The molecule has 0 fully saturated rings. The van der Waals surface area contributed by atoms with Gasteiger partial charge >= 0.3 is 0 Å². The minimum absolute atomic E-state index is 0.547. The van der Waals surface area contributed by atoms with Gasteiger partial charge in [-0.05, 0) is 43.9 Å². The summed E-state index contributed by atoms with van der Waals surface area (Å²) < 4.78 is 0. The standard InChI is InChI=1S/C19H26N2/c1-5-14(3)20-13-18-11-12-19(21-15(18)4)17-9-7-16(6-2)8-10-17/h7-12,14,20H,5-6,13H2,1-4H3. The summed E-state index contributed by atoms with van der Waals surface area (Å²) in [6.07, 6.45) is 2.22. The van der Waals surface area contributed by atoms with Crippen molar-refractivity contribution in [2.75, 3.05) is 0 Å². The van der Waals surface area contributed by atoms with E-state index in [1.165, 1.54) is 16.7 Å². The summed E-state index contributed by atoms with van der Waals surface area (Å²) in [6.45, 7) is 9.58. The molecule has 2 heteroatoms. The zero-order valence-corrected chi connectivity index (χ0v) is 13.6. The number of pyridine rings is 1. The Labute approximate surface area is 128 Å². The largest absolute Gasteiger partial charge is 0.310 e. The van der Waals surface area contributed by atoms with Crippen LogP contribution in [0.5, 0.6) is 0 Å². The molecule has 0 aliphatic rings. The second kappa shape index (κ2) is 7.37. The molecule has 0 saturated heterocycles. The Morgan fingerprint density at radius 1 is 1.05 bits per heavy atom. The average Bonchev–Trinajstić information content (AvgIpc) is 2.53. The maximum Gasteiger partial charge on any atom is 0.0705 e. The first-order valence-electron chi connectivity index (χ1n) is 7.93. The van der Waals surface area contributed by atoms with Crippen molar-refractivity contribution in [1.82, 2.24) is 10.3 Å². The van der Waals surface area contributed by atoms with Gasteiger partial charge in [-0.15, -0.1) is 0 Å². The predicted octanol–water partition coefficient (Wildman–Crippen LogP) is 4.51. The van der Waals surface area contributed by atoms with E-state index in [9.17, 15) is 0 Å². The van der Waals surface area contributed by atoms with Gasteiger partial charge in [0.1, 0.15) is 0 Å². The lowest BCUT2D eigenvalue weighted by Gasteiger charge is -2.13. The Hall–Kier alpha value is -1.67. The molecule has 2 rings (SSSR count). The first-order valence-corrected chi connectivity index (χ1v) is 7.93. The van der Waals surface area contributed by atoms with Gasteiger partial charge in [0.2, 0.25) is 0 Å². The van der Waals surface area contributed by atoms with Crippen molar-refractivity contribution in [2.24, 2.45) is 0 Å². The average molecular weight is 282 g/mol. The summed E-state index contributed by atoms with van der Waals surface area (Å²) in [5.74, 6) is 0. The number of hydrogen-bond acceptors (Lipinski definition) is 2. The molecule has 1 heterocycles. The first-order chi connectivity index (χ1) is 10.1. The van der Waals surface area contributed by atoms with Gasteiger partial charge in [-0.2, -0.15) is 0 Å². The van der Waals surface area contributed by atoms with E-state index >= 15 is 0 Å². The summed E-state index contributed by atoms with van der Waals surface area (Å²) in [5, 5.41) is 3.52. The van der Waals surface area contributed by atoms with Gasteiger partial charge in [-0.25, -0.2) is 0 Å². The van der Waals surface area contributed by atoms with Crippen LogP contribution in [0, 0.1) is 6.92 Å². The third-order valence-corrected chi connectivity index (χ3v) is 4.11. The molecule has 2 aromatic rings. The van der Waals surface area contributed by atoms with E-state index in [1.54, 1.807) is 0 Å². The summed E-state index contributed by atoms with van der Waals surface area (Å²) in [4.78, 5) is 4.76. The molecule has 0 saturated carbocycles. The molecule has 0 spiro atoms. The van der Waals surface area contributed by atoms with E-state index in [2.05, 4.69) is 69.4 Å². The fourth-order valence-electron chi connectivity index (χ4n) is 2.28. The van der Waals surface area contributed by atoms with Crippen LogP contribution in [0.3, 0.4) is 0 Å². The maximum absolute atomic E-state index is 4.76. The molecule has 1 unspecified atom stereocenters. The summed E-state index contributed by atoms with van der Waals surface area (Å²) in [5.41, 5.74) is 6.01. The van der Waals surface area contributed by atoms with E-state index in [0.717, 1.165) is 30.8 Å². The van der Waals surface area contributed by atoms with E-state index in [-0.39, 0.29) is 0 Å². The smallest absolute Gasteiger partial charge is 0.0705 e. The van der Waals surface area contributed by atoms with Crippen LogP contribution in [-0.2, 0) is 13.0 Å². The highest BCUT2D eigenvalue weighted by molar-refractivity contribution is 5.60. The van der Waals surface area contributed by atoms with Crippen LogP contribution in [0.1, 0.15) is 44.0 Å². The Bertz CT molecular complexity index is 573. The van der Waals surface area contributed by atoms with E-state index < -0.39 is 0 Å². The minimum Gasteiger partial charge on any atom is -0.310 e. The van der Waals surface area contributed by atoms with Crippen LogP contribution in [0.15, 0.2) is 36.4 Å². The zero-order valence-electron chi connectivity index (χ0n) is 13.6. The van der Waals surface area contributed by atoms with Gasteiger partial charge in [-0.3, -0.25) is 4.98 Å². The lowest BCUT2D eigenvalue weighted by atomic mass is 10.1. The molecular weight excluding hydrogens is 256 g/mol.